The third-order valence-electron chi connectivity index (χ3n) is 2.46. The molecular formula is C11H24N2O4. The molecule has 0 bridgehead atoms. The summed E-state index contributed by atoms with van der Waals surface area (Å²) in [6, 6.07) is -1.37. The van der Waals surface area contributed by atoms with Gasteiger partial charge in [0.1, 0.15) is 12.1 Å². The smallest absolute Gasteiger partial charge is 0.320 e. The summed E-state index contributed by atoms with van der Waals surface area (Å²) in [5.41, 5.74) is 10.4. The molecule has 3 atom stereocenters. The summed E-state index contributed by atoms with van der Waals surface area (Å²) in [5.74, 6) is -1.75. The highest BCUT2D eigenvalue weighted by molar-refractivity contribution is 5.73. The molecule has 0 saturated heterocycles. The zero-order valence-electron chi connectivity index (χ0n) is 10.7. The van der Waals surface area contributed by atoms with E-state index in [9.17, 15) is 9.59 Å². The van der Waals surface area contributed by atoms with Crippen molar-refractivity contribution >= 4 is 11.9 Å². The summed E-state index contributed by atoms with van der Waals surface area (Å²) in [6.45, 7) is 5.66. The molecular weight excluding hydrogens is 224 g/mol. The zero-order chi connectivity index (χ0) is 14.0. The maximum atomic E-state index is 10.2. The van der Waals surface area contributed by atoms with Crippen LogP contribution in [0, 0.1) is 5.92 Å². The molecule has 0 aromatic rings. The van der Waals surface area contributed by atoms with E-state index in [4.69, 9.17) is 21.7 Å². The van der Waals surface area contributed by atoms with Crippen LogP contribution in [-0.2, 0) is 9.59 Å². The average molecular weight is 248 g/mol. The van der Waals surface area contributed by atoms with Gasteiger partial charge in [-0.05, 0) is 12.3 Å². The lowest BCUT2D eigenvalue weighted by Gasteiger charge is -2.11. The zero-order valence-corrected chi connectivity index (χ0v) is 10.7. The molecule has 0 spiro atoms. The quantitative estimate of drug-likeness (QED) is 0.546. The van der Waals surface area contributed by atoms with E-state index in [2.05, 4.69) is 0 Å². The molecule has 102 valence electrons. The molecule has 0 heterocycles. The van der Waals surface area contributed by atoms with Crippen LogP contribution in [0.4, 0.5) is 0 Å². The maximum Gasteiger partial charge on any atom is 0.320 e. The lowest BCUT2D eigenvalue weighted by Crippen LogP contribution is -2.36. The Balaban J connectivity index is 0. The minimum Gasteiger partial charge on any atom is -0.480 e. The summed E-state index contributed by atoms with van der Waals surface area (Å²) in [4.78, 5) is 20.1. The number of carbonyl (C=O) groups is 2. The third-order valence-corrected chi connectivity index (χ3v) is 2.46. The Labute approximate surface area is 102 Å². The molecule has 6 heteroatoms. The van der Waals surface area contributed by atoms with Crippen LogP contribution in [0.1, 0.15) is 40.0 Å². The number of carboxylic acids is 2. The number of nitrogens with two attached hydrogens (primary N) is 2. The fourth-order valence-corrected chi connectivity index (χ4v) is 0.932. The van der Waals surface area contributed by atoms with Crippen molar-refractivity contribution < 1.29 is 19.8 Å². The molecule has 0 rings (SSSR count). The molecule has 17 heavy (non-hydrogen) atoms. The van der Waals surface area contributed by atoms with Crippen LogP contribution in [0.3, 0.4) is 0 Å². The van der Waals surface area contributed by atoms with Gasteiger partial charge in [-0.3, -0.25) is 9.59 Å². The van der Waals surface area contributed by atoms with Crippen molar-refractivity contribution in [2.45, 2.75) is 52.1 Å². The van der Waals surface area contributed by atoms with Crippen LogP contribution in [-0.4, -0.2) is 34.2 Å². The second-order valence-electron chi connectivity index (χ2n) is 3.98. The fraction of sp³-hybridized carbons (Fsp3) is 0.818. The van der Waals surface area contributed by atoms with Crippen molar-refractivity contribution in [3.8, 4) is 0 Å². The monoisotopic (exact) mass is 248 g/mol. The number of carboxylic acid groups (broad SMARTS) is 2. The van der Waals surface area contributed by atoms with Crippen molar-refractivity contribution in [3.63, 3.8) is 0 Å². The summed E-state index contributed by atoms with van der Waals surface area (Å²) in [5, 5.41) is 16.5. The second-order valence-corrected chi connectivity index (χ2v) is 3.98. The Hall–Kier alpha value is -1.14. The molecule has 0 fully saturated rings. The average Bonchev–Trinajstić information content (AvgIpc) is 2.27. The molecule has 0 aliphatic carbocycles. The molecule has 6 nitrogen and oxygen atoms in total. The number of rotatable bonds is 6. The standard InChI is InChI=1S/C6H13NO2.C5H11NO2/c1-3-4(2)5(7)6(8)9;1-2-3-4(6)5(7)8/h4-5H,3,7H2,1-2H3,(H,8,9);4H,2-3,6H2,1H3,(H,7,8)/t4-,5-;4-/m00/s1. The topological polar surface area (TPSA) is 127 Å². The summed E-state index contributed by atoms with van der Waals surface area (Å²) in [6.07, 6.45) is 2.20. The number of hydrogen-bond donors (Lipinski definition) is 4. The van der Waals surface area contributed by atoms with Crippen molar-refractivity contribution in [1.29, 1.82) is 0 Å². The first-order valence-corrected chi connectivity index (χ1v) is 5.74. The SMILES string of the molecule is CCC[C@H](N)C(=O)O.CC[C@H](C)[C@H](N)C(=O)O. The molecule has 0 radical (unpaired) electrons. The van der Waals surface area contributed by atoms with E-state index in [1.165, 1.54) is 0 Å². The van der Waals surface area contributed by atoms with Crippen molar-refractivity contribution in [2.75, 3.05) is 0 Å². The minimum absolute atomic E-state index is 0.0718. The predicted molar refractivity (Wildman–Crippen MR) is 65.6 cm³/mol. The van der Waals surface area contributed by atoms with E-state index >= 15 is 0 Å². The van der Waals surface area contributed by atoms with Gasteiger partial charge in [0.25, 0.3) is 0 Å². The van der Waals surface area contributed by atoms with Gasteiger partial charge in [0, 0.05) is 0 Å². The lowest BCUT2D eigenvalue weighted by atomic mass is 10.0. The number of aliphatic carboxylic acids is 2. The van der Waals surface area contributed by atoms with Crippen molar-refractivity contribution in [1.82, 2.24) is 0 Å². The first-order valence-electron chi connectivity index (χ1n) is 5.74. The van der Waals surface area contributed by atoms with Crippen LogP contribution in [0.25, 0.3) is 0 Å². The van der Waals surface area contributed by atoms with Crippen LogP contribution in [0.2, 0.25) is 0 Å². The fourth-order valence-electron chi connectivity index (χ4n) is 0.932. The Bertz CT molecular complexity index is 234. The van der Waals surface area contributed by atoms with Gasteiger partial charge in [-0.25, -0.2) is 0 Å². The van der Waals surface area contributed by atoms with E-state index in [0.717, 1.165) is 12.8 Å². The Kier molecular flexibility index (Phi) is 10.8. The van der Waals surface area contributed by atoms with E-state index in [0.29, 0.717) is 6.42 Å². The highest BCUT2D eigenvalue weighted by Crippen LogP contribution is 2.04. The number of hydrogen-bond acceptors (Lipinski definition) is 4. The van der Waals surface area contributed by atoms with Gasteiger partial charge < -0.3 is 21.7 Å². The van der Waals surface area contributed by atoms with Crippen LogP contribution in [0.5, 0.6) is 0 Å². The van der Waals surface area contributed by atoms with Crippen LogP contribution < -0.4 is 11.5 Å². The molecule has 0 aliphatic heterocycles. The van der Waals surface area contributed by atoms with Crippen LogP contribution >= 0.6 is 0 Å². The summed E-state index contributed by atoms with van der Waals surface area (Å²) < 4.78 is 0. The van der Waals surface area contributed by atoms with E-state index in [1.54, 1.807) is 0 Å². The Morgan fingerprint density at radius 1 is 1.12 bits per heavy atom. The molecule has 0 aliphatic rings. The van der Waals surface area contributed by atoms with Gasteiger partial charge in [-0.2, -0.15) is 0 Å². The highest BCUT2D eigenvalue weighted by atomic mass is 16.4. The normalized spacial score (nSPS) is 15.1. The minimum atomic E-state index is -0.913. The first kappa shape index (κ1) is 18.2. The summed E-state index contributed by atoms with van der Waals surface area (Å²) in [7, 11) is 0. The van der Waals surface area contributed by atoms with Crippen molar-refractivity contribution in [2.24, 2.45) is 17.4 Å². The third kappa shape index (κ3) is 9.77. The maximum absolute atomic E-state index is 10.2. The lowest BCUT2D eigenvalue weighted by molar-refractivity contribution is -0.140. The van der Waals surface area contributed by atoms with Gasteiger partial charge in [0.05, 0.1) is 0 Å². The predicted octanol–water partition coefficient (Wildman–Crippen LogP) is 0.643. The first-order chi connectivity index (χ1) is 7.77. The second kappa shape index (κ2) is 10.0. The van der Waals surface area contributed by atoms with Crippen molar-refractivity contribution in [3.05, 3.63) is 0 Å². The highest BCUT2D eigenvalue weighted by Gasteiger charge is 2.17. The van der Waals surface area contributed by atoms with Gasteiger partial charge in [-0.15, -0.1) is 0 Å². The molecule has 0 aromatic heterocycles. The van der Waals surface area contributed by atoms with E-state index in [1.807, 2.05) is 20.8 Å². The molecule has 0 aromatic carbocycles. The van der Waals surface area contributed by atoms with Gasteiger partial charge in [0.2, 0.25) is 0 Å². The molecule has 0 amide bonds. The molecule has 0 unspecified atom stereocenters. The van der Waals surface area contributed by atoms with Gasteiger partial charge >= 0.3 is 11.9 Å². The largest absolute Gasteiger partial charge is 0.480 e. The summed E-state index contributed by atoms with van der Waals surface area (Å²) >= 11 is 0. The molecule has 0 saturated carbocycles. The van der Waals surface area contributed by atoms with Crippen LogP contribution in [0.15, 0.2) is 0 Å². The van der Waals surface area contributed by atoms with Gasteiger partial charge in [0.15, 0.2) is 0 Å². The van der Waals surface area contributed by atoms with Gasteiger partial charge in [-0.1, -0.05) is 33.6 Å². The Morgan fingerprint density at radius 2 is 1.59 bits per heavy atom. The van der Waals surface area contributed by atoms with E-state index < -0.39 is 24.0 Å². The molecule has 6 N–H and O–H groups in total. The van der Waals surface area contributed by atoms with E-state index in [-0.39, 0.29) is 5.92 Å². The Morgan fingerprint density at radius 3 is 1.71 bits per heavy atom.